The first-order valence-electron chi connectivity index (χ1n) is 7.64. The smallest absolute Gasteiger partial charge is 0.326 e. The number of likely N-dealkylation sites (tertiary alicyclic amines) is 1. The Morgan fingerprint density at radius 2 is 1.96 bits per heavy atom. The zero-order chi connectivity index (χ0) is 17.5. The predicted octanol–water partition coefficient (Wildman–Crippen LogP) is 1.85. The van der Waals surface area contributed by atoms with E-state index >= 15 is 0 Å². The van der Waals surface area contributed by atoms with Gasteiger partial charge in [-0.25, -0.2) is 8.78 Å². The monoisotopic (exact) mass is 340 g/mol. The van der Waals surface area contributed by atoms with E-state index in [0.29, 0.717) is 13.0 Å². The summed E-state index contributed by atoms with van der Waals surface area (Å²) in [5, 5.41) is 2.28. The van der Waals surface area contributed by atoms with E-state index in [0.717, 1.165) is 31.4 Å². The standard InChI is InChI=1S/C16H18F2N2O4/c17-12-6-5-11(8-13(12)18)19-14(21)10-24-16(23)9-20-7-3-1-2-4-15(20)22/h5-6,8H,1-4,7,9-10H2,(H,19,21). The Hall–Kier alpha value is -2.51. The van der Waals surface area contributed by atoms with Crippen molar-refractivity contribution in [3.63, 3.8) is 0 Å². The number of hydrogen-bond acceptors (Lipinski definition) is 4. The summed E-state index contributed by atoms with van der Waals surface area (Å²) in [7, 11) is 0. The minimum absolute atomic E-state index is 0.0534. The molecule has 1 N–H and O–H groups in total. The number of carbonyl (C=O) groups excluding carboxylic acids is 3. The number of hydrogen-bond donors (Lipinski definition) is 1. The molecule has 1 fully saturated rings. The Morgan fingerprint density at radius 3 is 2.71 bits per heavy atom. The first-order chi connectivity index (χ1) is 11.5. The fourth-order valence-electron chi connectivity index (χ4n) is 2.32. The molecule has 1 aliphatic rings. The van der Waals surface area contributed by atoms with Crippen LogP contribution >= 0.6 is 0 Å². The summed E-state index contributed by atoms with van der Waals surface area (Å²) < 4.78 is 30.6. The molecular weight excluding hydrogens is 322 g/mol. The van der Waals surface area contributed by atoms with Gasteiger partial charge in [0.25, 0.3) is 5.91 Å². The van der Waals surface area contributed by atoms with Gasteiger partial charge >= 0.3 is 5.97 Å². The highest BCUT2D eigenvalue weighted by Gasteiger charge is 2.20. The fraction of sp³-hybridized carbons (Fsp3) is 0.438. The molecule has 0 aromatic heterocycles. The molecule has 130 valence electrons. The predicted molar refractivity (Wildman–Crippen MR) is 81.0 cm³/mol. The molecule has 0 atom stereocenters. The van der Waals surface area contributed by atoms with Crippen LogP contribution in [0.1, 0.15) is 25.7 Å². The maximum Gasteiger partial charge on any atom is 0.326 e. The molecule has 0 radical (unpaired) electrons. The molecule has 0 unspecified atom stereocenters. The molecule has 6 nitrogen and oxygen atoms in total. The number of halogens is 2. The quantitative estimate of drug-likeness (QED) is 0.830. The normalized spacial score (nSPS) is 14.9. The van der Waals surface area contributed by atoms with E-state index in [9.17, 15) is 23.2 Å². The Bertz CT molecular complexity index is 637. The first kappa shape index (κ1) is 17.8. The lowest BCUT2D eigenvalue weighted by molar-refractivity contribution is -0.151. The summed E-state index contributed by atoms with van der Waals surface area (Å²) in [4.78, 5) is 36.5. The van der Waals surface area contributed by atoms with Gasteiger partial charge in [-0.3, -0.25) is 14.4 Å². The van der Waals surface area contributed by atoms with Crippen LogP contribution < -0.4 is 5.32 Å². The Balaban J connectivity index is 1.77. The number of amides is 2. The molecule has 1 heterocycles. The van der Waals surface area contributed by atoms with E-state index in [-0.39, 0.29) is 18.1 Å². The van der Waals surface area contributed by atoms with Crippen molar-refractivity contribution in [2.24, 2.45) is 0 Å². The van der Waals surface area contributed by atoms with E-state index in [1.165, 1.54) is 11.0 Å². The second kappa shape index (κ2) is 8.37. The second-order valence-corrected chi connectivity index (χ2v) is 5.46. The van der Waals surface area contributed by atoms with Gasteiger partial charge in [0.1, 0.15) is 6.54 Å². The minimum atomic E-state index is -1.09. The topological polar surface area (TPSA) is 75.7 Å². The van der Waals surface area contributed by atoms with E-state index in [4.69, 9.17) is 4.74 Å². The second-order valence-electron chi connectivity index (χ2n) is 5.46. The SMILES string of the molecule is O=C(COC(=O)CN1CCCCCC1=O)Nc1ccc(F)c(F)c1. The van der Waals surface area contributed by atoms with Crippen LogP contribution in [0.3, 0.4) is 0 Å². The van der Waals surface area contributed by atoms with Crippen LogP contribution in [-0.2, 0) is 19.1 Å². The van der Waals surface area contributed by atoms with Crippen molar-refractivity contribution < 1.29 is 27.9 Å². The summed E-state index contributed by atoms with van der Waals surface area (Å²) in [6.45, 7) is -0.272. The van der Waals surface area contributed by atoms with Crippen molar-refractivity contribution in [1.82, 2.24) is 4.90 Å². The molecule has 0 spiro atoms. The van der Waals surface area contributed by atoms with Crippen LogP contribution in [0.4, 0.5) is 14.5 Å². The molecule has 2 amide bonds. The summed E-state index contributed by atoms with van der Waals surface area (Å²) in [5.74, 6) is -3.59. The molecule has 1 aromatic carbocycles. The van der Waals surface area contributed by atoms with E-state index < -0.39 is 30.1 Å². The lowest BCUT2D eigenvalue weighted by Crippen LogP contribution is -2.36. The van der Waals surface area contributed by atoms with Gasteiger partial charge in [-0.2, -0.15) is 0 Å². The van der Waals surface area contributed by atoms with E-state index in [1.807, 2.05) is 0 Å². The third-order valence-electron chi connectivity index (χ3n) is 3.56. The number of rotatable bonds is 5. The lowest BCUT2D eigenvalue weighted by Gasteiger charge is -2.19. The molecule has 0 bridgehead atoms. The Labute approximate surface area is 137 Å². The van der Waals surface area contributed by atoms with Crippen LogP contribution in [-0.4, -0.2) is 42.4 Å². The Kier molecular flexibility index (Phi) is 6.22. The van der Waals surface area contributed by atoms with Crippen molar-refractivity contribution in [2.45, 2.75) is 25.7 Å². The molecule has 0 saturated carbocycles. The van der Waals surface area contributed by atoms with Crippen LogP contribution in [0.5, 0.6) is 0 Å². The zero-order valence-electron chi connectivity index (χ0n) is 13.0. The van der Waals surface area contributed by atoms with Crippen LogP contribution in [0.2, 0.25) is 0 Å². The molecule has 1 saturated heterocycles. The van der Waals surface area contributed by atoms with Crippen LogP contribution in [0, 0.1) is 11.6 Å². The summed E-state index contributed by atoms with van der Waals surface area (Å²) >= 11 is 0. The molecular formula is C16H18F2N2O4. The molecule has 8 heteroatoms. The number of nitrogens with zero attached hydrogens (tertiary/aromatic N) is 1. The highest BCUT2D eigenvalue weighted by Crippen LogP contribution is 2.13. The number of ether oxygens (including phenoxy) is 1. The summed E-state index contributed by atoms with van der Waals surface area (Å²) in [6, 6.07) is 2.89. The highest BCUT2D eigenvalue weighted by molar-refractivity contribution is 5.93. The maximum absolute atomic E-state index is 13.0. The molecule has 24 heavy (non-hydrogen) atoms. The van der Waals surface area contributed by atoms with Crippen molar-refractivity contribution in [3.05, 3.63) is 29.8 Å². The average molecular weight is 340 g/mol. The average Bonchev–Trinajstić information content (AvgIpc) is 2.74. The number of benzene rings is 1. The van der Waals surface area contributed by atoms with E-state index in [2.05, 4.69) is 5.32 Å². The van der Waals surface area contributed by atoms with Gasteiger partial charge in [0, 0.05) is 24.7 Å². The van der Waals surface area contributed by atoms with Gasteiger partial charge in [0.05, 0.1) is 0 Å². The third kappa shape index (κ3) is 5.29. The maximum atomic E-state index is 13.0. The van der Waals surface area contributed by atoms with Gasteiger partial charge in [0.2, 0.25) is 5.91 Å². The third-order valence-corrected chi connectivity index (χ3v) is 3.56. The van der Waals surface area contributed by atoms with Gasteiger partial charge in [-0.05, 0) is 25.0 Å². The van der Waals surface area contributed by atoms with Crippen LogP contribution in [0.15, 0.2) is 18.2 Å². The largest absolute Gasteiger partial charge is 0.454 e. The Morgan fingerprint density at radius 1 is 1.17 bits per heavy atom. The van der Waals surface area contributed by atoms with E-state index in [1.54, 1.807) is 0 Å². The lowest BCUT2D eigenvalue weighted by atomic mass is 10.2. The van der Waals surface area contributed by atoms with Gasteiger partial charge in [0.15, 0.2) is 18.2 Å². The fourth-order valence-corrected chi connectivity index (χ4v) is 2.32. The summed E-state index contributed by atoms with van der Waals surface area (Å²) in [6.07, 6.45) is 2.98. The molecule has 1 aliphatic heterocycles. The number of nitrogens with one attached hydrogen (secondary N) is 1. The zero-order valence-corrected chi connectivity index (χ0v) is 13.0. The molecule has 2 rings (SSSR count). The highest BCUT2D eigenvalue weighted by atomic mass is 19.2. The first-order valence-corrected chi connectivity index (χ1v) is 7.64. The number of anilines is 1. The van der Waals surface area contributed by atoms with Gasteiger partial charge in [-0.1, -0.05) is 6.42 Å². The van der Waals surface area contributed by atoms with Gasteiger partial charge in [-0.15, -0.1) is 0 Å². The molecule has 1 aromatic rings. The number of carbonyl (C=O) groups is 3. The van der Waals surface area contributed by atoms with Crippen molar-refractivity contribution in [2.75, 3.05) is 25.0 Å². The molecule has 0 aliphatic carbocycles. The van der Waals surface area contributed by atoms with Gasteiger partial charge < -0.3 is 15.0 Å². The minimum Gasteiger partial charge on any atom is -0.454 e. The van der Waals surface area contributed by atoms with Crippen LogP contribution in [0.25, 0.3) is 0 Å². The van der Waals surface area contributed by atoms with Crippen molar-refractivity contribution in [3.8, 4) is 0 Å². The summed E-state index contributed by atoms with van der Waals surface area (Å²) in [5.41, 5.74) is 0.0534. The number of esters is 1. The van der Waals surface area contributed by atoms with Crippen molar-refractivity contribution in [1.29, 1.82) is 0 Å². The van der Waals surface area contributed by atoms with Crippen molar-refractivity contribution >= 4 is 23.5 Å².